The highest BCUT2D eigenvalue weighted by Gasteiger charge is 2.20. The van der Waals surface area contributed by atoms with E-state index in [1.807, 2.05) is 6.07 Å². The third kappa shape index (κ3) is 4.99. The first-order valence-corrected chi connectivity index (χ1v) is 9.36. The zero-order chi connectivity index (χ0) is 19.4. The molecule has 148 valence electrons. The lowest BCUT2D eigenvalue weighted by atomic mass is 9.92. The SMILES string of the molecule is CC(C)(C)c1cc(N)n(-c2ccc(F)c(OCCOC3CCCCO3)c2)n1. The van der Waals surface area contributed by atoms with Gasteiger partial charge >= 0.3 is 0 Å². The predicted octanol–water partition coefficient (Wildman–Crippen LogP) is 3.81. The Bertz CT molecular complexity index is 764. The summed E-state index contributed by atoms with van der Waals surface area (Å²) in [5.41, 5.74) is 7.48. The highest BCUT2D eigenvalue weighted by molar-refractivity contribution is 5.47. The number of hydrogen-bond donors (Lipinski definition) is 1. The van der Waals surface area contributed by atoms with Gasteiger partial charge in [-0.3, -0.25) is 0 Å². The van der Waals surface area contributed by atoms with E-state index in [1.165, 1.54) is 6.07 Å². The Morgan fingerprint density at radius 2 is 2.07 bits per heavy atom. The summed E-state index contributed by atoms with van der Waals surface area (Å²) in [7, 11) is 0. The van der Waals surface area contributed by atoms with Crippen molar-refractivity contribution < 1.29 is 18.6 Å². The molecule has 2 N–H and O–H groups in total. The molecule has 1 aromatic carbocycles. The fourth-order valence-corrected chi connectivity index (χ4v) is 2.88. The van der Waals surface area contributed by atoms with Crippen LogP contribution in [-0.4, -0.2) is 35.9 Å². The molecule has 1 atom stereocenters. The van der Waals surface area contributed by atoms with Crippen molar-refractivity contribution in [3.63, 3.8) is 0 Å². The first-order chi connectivity index (χ1) is 12.8. The van der Waals surface area contributed by atoms with Crippen molar-refractivity contribution in [2.24, 2.45) is 0 Å². The Morgan fingerprint density at radius 1 is 1.26 bits per heavy atom. The number of rotatable bonds is 6. The van der Waals surface area contributed by atoms with Crippen molar-refractivity contribution in [2.45, 2.75) is 51.7 Å². The third-order valence-corrected chi connectivity index (χ3v) is 4.45. The van der Waals surface area contributed by atoms with Gasteiger partial charge in [-0.2, -0.15) is 5.10 Å². The number of halogens is 1. The predicted molar refractivity (Wildman–Crippen MR) is 102 cm³/mol. The average Bonchev–Trinajstić information content (AvgIpc) is 3.03. The second-order valence-electron chi connectivity index (χ2n) is 7.75. The zero-order valence-corrected chi connectivity index (χ0v) is 16.2. The van der Waals surface area contributed by atoms with Crippen LogP contribution in [0.1, 0.15) is 45.7 Å². The number of hydrogen-bond acceptors (Lipinski definition) is 5. The normalized spacial score (nSPS) is 17.9. The highest BCUT2D eigenvalue weighted by Crippen LogP contribution is 2.27. The van der Waals surface area contributed by atoms with Crippen LogP contribution in [0.15, 0.2) is 24.3 Å². The molecule has 6 nitrogen and oxygen atoms in total. The lowest BCUT2D eigenvalue weighted by Crippen LogP contribution is -2.24. The summed E-state index contributed by atoms with van der Waals surface area (Å²) in [4.78, 5) is 0. The summed E-state index contributed by atoms with van der Waals surface area (Å²) < 4.78 is 32.4. The number of aromatic nitrogens is 2. The molecule has 1 saturated heterocycles. The smallest absolute Gasteiger partial charge is 0.165 e. The van der Waals surface area contributed by atoms with Crippen LogP contribution in [0.4, 0.5) is 10.2 Å². The number of benzene rings is 1. The van der Waals surface area contributed by atoms with Gasteiger partial charge in [0.1, 0.15) is 12.4 Å². The molecule has 3 rings (SSSR count). The largest absolute Gasteiger partial charge is 0.488 e. The minimum absolute atomic E-state index is 0.128. The van der Waals surface area contributed by atoms with Crippen LogP contribution in [0.2, 0.25) is 0 Å². The molecule has 7 heteroatoms. The van der Waals surface area contributed by atoms with Crippen molar-refractivity contribution in [3.05, 3.63) is 35.8 Å². The van der Waals surface area contributed by atoms with Crippen LogP contribution in [0.5, 0.6) is 5.75 Å². The van der Waals surface area contributed by atoms with Crippen LogP contribution in [-0.2, 0) is 14.9 Å². The third-order valence-electron chi connectivity index (χ3n) is 4.45. The number of anilines is 1. The Kier molecular flexibility index (Phi) is 6.01. The highest BCUT2D eigenvalue weighted by atomic mass is 19.1. The molecule has 0 saturated carbocycles. The first-order valence-electron chi connectivity index (χ1n) is 9.36. The second-order valence-corrected chi connectivity index (χ2v) is 7.75. The average molecular weight is 377 g/mol. The number of nitrogens with two attached hydrogens (primary N) is 1. The number of nitrogens with zero attached hydrogens (tertiary/aromatic N) is 2. The van der Waals surface area contributed by atoms with Gasteiger partial charge in [0.2, 0.25) is 0 Å². The van der Waals surface area contributed by atoms with Crippen LogP contribution < -0.4 is 10.5 Å². The lowest BCUT2D eigenvalue weighted by Gasteiger charge is -2.22. The van der Waals surface area contributed by atoms with Crippen molar-refractivity contribution in [1.82, 2.24) is 9.78 Å². The molecule has 2 aromatic rings. The summed E-state index contributed by atoms with van der Waals surface area (Å²) in [5, 5.41) is 4.55. The molecule has 2 heterocycles. The van der Waals surface area contributed by atoms with E-state index in [0.717, 1.165) is 31.6 Å². The summed E-state index contributed by atoms with van der Waals surface area (Å²) in [6.07, 6.45) is 2.88. The van der Waals surface area contributed by atoms with Crippen LogP contribution >= 0.6 is 0 Å². The lowest BCUT2D eigenvalue weighted by molar-refractivity contribution is -0.165. The molecule has 0 radical (unpaired) electrons. The van der Waals surface area contributed by atoms with Crippen molar-refractivity contribution >= 4 is 5.82 Å². The van der Waals surface area contributed by atoms with Crippen LogP contribution in [0, 0.1) is 5.82 Å². The van der Waals surface area contributed by atoms with Crippen molar-refractivity contribution in [2.75, 3.05) is 25.6 Å². The van der Waals surface area contributed by atoms with E-state index in [1.54, 1.807) is 16.8 Å². The molecule has 1 unspecified atom stereocenters. The quantitative estimate of drug-likeness (QED) is 0.775. The Labute approximate surface area is 159 Å². The second kappa shape index (κ2) is 8.27. The topological polar surface area (TPSA) is 71.5 Å². The van der Waals surface area contributed by atoms with Crippen molar-refractivity contribution in [1.29, 1.82) is 0 Å². The summed E-state index contributed by atoms with van der Waals surface area (Å²) >= 11 is 0. The van der Waals surface area contributed by atoms with Gasteiger partial charge in [0.25, 0.3) is 0 Å². The van der Waals surface area contributed by atoms with Gasteiger partial charge in [0, 0.05) is 24.2 Å². The van der Waals surface area contributed by atoms with E-state index in [4.69, 9.17) is 19.9 Å². The number of nitrogen functional groups attached to an aromatic ring is 1. The molecular weight excluding hydrogens is 349 g/mol. The van der Waals surface area contributed by atoms with Gasteiger partial charge in [-0.05, 0) is 31.4 Å². The minimum atomic E-state index is -0.436. The first kappa shape index (κ1) is 19.6. The van der Waals surface area contributed by atoms with Crippen LogP contribution in [0.3, 0.4) is 0 Å². The zero-order valence-electron chi connectivity index (χ0n) is 16.2. The molecule has 27 heavy (non-hydrogen) atoms. The molecule has 0 bridgehead atoms. The van der Waals surface area contributed by atoms with Crippen LogP contribution in [0.25, 0.3) is 5.69 Å². The van der Waals surface area contributed by atoms with E-state index < -0.39 is 5.82 Å². The molecule has 0 spiro atoms. The maximum atomic E-state index is 14.1. The Hall–Kier alpha value is -2.12. The van der Waals surface area contributed by atoms with Gasteiger partial charge in [-0.15, -0.1) is 0 Å². The Balaban J connectivity index is 1.65. The van der Waals surface area contributed by atoms with Gasteiger partial charge < -0.3 is 19.9 Å². The molecule has 1 aromatic heterocycles. The van der Waals surface area contributed by atoms with E-state index in [-0.39, 0.29) is 24.1 Å². The summed E-state index contributed by atoms with van der Waals surface area (Å²) in [5.74, 6) is 0.206. The summed E-state index contributed by atoms with van der Waals surface area (Å²) in [6, 6.07) is 6.42. The fourth-order valence-electron chi connectivity index (χ4n) is 2.88. The number of ether oxygens (including phenoxy) is 3. The maximum absolute atomic E-state index is 14.1. The van der Waals surface area contributed by atoms with E-state index >= 15 is 0 Å². The minimum Gasteiger partial charge on any atom is -0.488 e. The monoisotopic (exact) mass is 377 g/mol. The molecule has 0 amide bonds. The van der Waals surface area contributed by atoms with Gasteiger partial charge in [0.05, 0.1) is 18.0 Å². The molecule has 1 fully saturated rings. The standard InChI is InChI=1S/C20H28FN3O3/c1-20(2,3)17-13-18(22)24(23-17)14-7-8-15(21)16(12-14)25-10-11-27-19-6-4-5-9-26-19/h7-8,12-13,19H,4-6,9-11,22H2,1-3H3. The van der Waals surface area contributed by atoms with Gasteiger partial charge in [-0.1, -0.05) is 20.8 Å². The molecule has 1 aliphatic rings. The molecule has 0 aliphatic carbocycles. The maximum Gasteiger partial charge on any atom is 0.165 e. The van der Waals surface area contributed by atoms with Gasteiger partial charge in [-0.25, -0.2) is 9.07 Å². The fraction of sp³-hybridized carbons (Fsp3) is 0.550. The van der Waals surface area contributed by atoms with E-state index in [9.17, 15) is 4.39 Å². The van der Waals surface area contributed by atoms with Crippen molar-refractivity contribution in [3.8, 4) is 11.4 Å². The molecule has 1 aliphatic heterocycles. The van der Waals surface area contributed by atoms with E-state index in [0.29, 0.717) is 18.1 Å². The van der Waals surface area contributed by atoms with Gasteiger partial charge in [0.15, 0.2) is 17.9 Å². The Morgan fingerprint density at radius 3 is 2.74 bits per heavy atom. The molecular formula is C20H28FN3O3. The van der Waals surface area contributed by atoms with E-state index in [2.05, 4.69) is 25.9 Å². The summed E-state index contributed by atoms with van der Waals surface area (Å²) in [6.45, 7) is 7.50.